The Balaban J connectivity index is 1.50. The number of hydrogen-bond donors (Lipinski definition) is 1. The number of carbonyl (C=O) groups excluding carboxylic acids is 3. The summed E-state index contributed by atoms with van der Waals surface area (Å²) in [7, 11) is 0. The standard InChI is InChI=1S/C24H26BrN3O4/c1-24(2,3)32-23(31)27-12-10-16(11-13-27)26-19-9-8-15(25)14-20(19)28-21(29)17-6-4-5-7-18(17)22(28)30/h4-9,14,16,26H,10-13H2,1-3H3. The zero-order valence-corrected chi connectivity index (χ0v) is 19.9. The molecular weight excluding hydrogens is 474 g/mol. The van der Waals surface area contributed by atoms with Gasteiger partial charge in [0.05, 0.1) is 22.5 Å². The van der Waals surface area contributed by atoms with Crippen LogP contribution in [0, 0.1) is 0 Å². The van der Waals surface area contributed by atoms with E-state index in [0.29, 0.717) is 35.6 Å². The van der Waals surface area contributed by atoms with Gasteiger partial charge in [0.2, 0.25) is 0 Å². The van der Waals surface area contributed by atoms with Crippen LogP contribution in [-0.2, 0) is 4.74 Å². The molecule has 3 amide bonds. The predicted octanol–water partition coefficient (Wildman–Crippen LogP) is 5.06. The smallest absolute Gasteiger partial charge is 0.410 e. The minimum atomic E-state index is -0.523. The topological polar surface area (TPSA) is 79.0 Å². The summed E-state index contributed by atoms with van der Waals surface area (Å²) in [5, 5.41) is 3.48. The lowest BCUT2D eigenvalue weighted by atomic mass is 10.0. The van der Waals surface area contributed by atoms with Crippen molar-refractivity contribution >= 4 is 45.2 Å². The summed E-state index contributed by atoms with van der Waals surface area (Å²) in [6, 6.07) is 12.5. The Morgan fingerprint density at radius 3 is 2.19 bits per heavy atom. The molecule has 0 atom stereocenters. The maximum atomic E-state index is 13.0. The Bertz CT molecular complexity index is 1040. The first-order valence-corrected chi connectivity index (χ1v) is 11.5. The van der Waals surface area contributed by atoms with Crippen LogP contribution in [0.5, 0.6) is 0 Å². The van der Waals surface area contributed by atoms with Gasteiger partial charge in [0, 0.05) is 23.6 Å². The van der Waals surface area contributed by atoms with Gasteiger partial charge in [-0.15, -0.1) is 0 Å². The lowest BCUT2D eigenvalue weighted by Gasteiger charge is -2.34. The first-order valence-electron chi connectivity index (χ1n) is 10.7. The normalized spacial score (nSPS) is 16.9. The fraction of sp³-hybridized carbons (Fsp3) is 0.375. The maximum Gasteiger partial charge on any atom is 0.410 e. The number of halogens is 1. The number of nitrogens with one attached hydrogen (secondary N) is 1. The Morgan fingerprint density at radius 1 is 1.03 bits per heavy atom. The van der Waals surface area contributed by atoms with Gasteiger partial charge in [0.15, 0.2) is 0 Å². The van der Waals surface area contributed by atoms with Crippen molar-refractivity contribution in [3.05, 3.63) is 58.1 Å². The minimum absolute atomic E-state index is 0.101. The number of amides is 3. The SMILES string of the molecule is CC(C)(C)OC(=O)N1CCC(Nc2ccc(Br)cc2N2C(=O)c3ccccc3C2=O)CC1. The van der Waals surface area contributed by atoms with Gasteiger partial charge in [-0.25, -0.2) is 9.69 Å². The molecule has 0 aliphatic carbocycles. The molecule has 2 aliphatic rings. The minimum Gasteiger partial charge on any atom is -0.444 e. The molecule has 2 aliphatic heterocycles. The molecule has 4 rings (SSSR count). The zero-order chi connectivity index (χ0) is 23.0. The van der Waals surface area contributed by atoms with E-state index < -0.39 is 5.60 Å². The second-order valence-electron chi connectivity index (χ2n) is 9.04. The van der Waals surface area contributed by atoms with Gasteiger partial charge < -0.3 is 15.0 Å². The van der Waals surface area contributed by atoms with Gasteiger partial charge in [-0.1, -0.05) is 28.1 Å². The average Bonchev–Trinajstić information content (AvgIpc) is 2.99. The molecule has 1 saturated heterocycles. The molecule has 7 nitrogen and oxygen atoms in total. The van der Waals surface area contributed by atoms with Crippen LogP contribution < -0.4 is 10.2 Å². The van der Waals surface area contributed by atoms with Crippen molar-refractivity contribution in [2.24, 2.45) is 0 Å². The van der Waals surface area contributed by atoms with Crippen LogP contribution in [0.2, 0.25) is 0 Å². The molecule has 0 aromatic heterocycles. The van der Waals surface area contributed by atoms with Crippen LogP contribution in [-0.4, -0.2) is 47.5 Å². The highest BCUT2D eigenvalue weighted by molar-refractivity contribution is 9.10. The summed E-state index contributed by atoms with van der Waals surface area (Å²) < 4.78 is 6.24. The van der Waals surface area contributed by atoms with Crippen molar-refractivity contribution in [1.29, 1.82) is 0 Å². The number of hydrogen-bond acceptors (Lipinski definition) is 5. The van der Waals surface area contributed by atoms with Crippen LogP contribution in [0.4, 0.5) is 16.2 Å². The highest BCUT2D eigenvalue weighted by Gasteiger charge is 2.38. The van der Waals surface area contributed by atoms with Gasteiger partial charge in [-0.3, -0.25) is 9.59 Å². The van der Waals surface area contributed by atoms with Gasteiger partial charge in [0.25, 0.3) is 11.8 Å². The summed E-state index contributed by atoms with van der Waals surface area (Å²) in [5.74, 6) is -0.655. The summed E-state index contributed by atoms with van der Waals surface area (Å²) in [6.45, 7) is 6.71. The third-order valence-electron chi connectivity index (χ3n) is 5.50. The quantitative estimate of drug-likeness (QED) is 0.596. The molecule has 1 fully saturated rings. The first-order chi connectivity index (χ1) is 15.1. The van der Waals surface area contributed by atoms with E-state index in [4.69, 9.17) is 4.74 Å². The van der Waals surface area contributed by atoms with Crippen LogP contribution >= 0.6 is 15.9 Å². The van der Waals surface area contributed by atoms with E-state index in [0.717, 1.165) is 17.3 Å². The summed E-state index contributed by atoms with van der Waals surface area (Å²) in [6.07, 6.45) is 1.17. The number of imide groups is 1. The molecule has 1 N–H and O–H groups in total. The molecule has 2 heterocycles. The number of carbonyl (C=O) groups is 3. The molecule has 2 aromatic rings. The number of rotatable bonds is 3. The molecule has 0 radical (unpaired) electrons. The molecule has 0 saturated carbocycles. The Kier molecular flexibility index (Phi) is 5.99. The third-order valence-corrected chi connectivity index (χ3v) is 5.99. The fourth-order valence-electron chi connectivity index (χ4n) is 3.97. The van der Waals surface area contributed by atoms with Crippen molar-refractivity contribution < 1.29 is 19.1 Å². The van der Waals surface area contributed by atoms with E-state index in [1.807, 2.05) is 32.9 Å². The van der Waals surface area contributed by atoms with Crippen molar-refractivity contribution in [3.8, 4) is 0 Å². The lowest BCUT2D eigenvalue weighted by molar-refractivity contribution is 0.0210. The summed E-state index contributed by atoms with van der Waals surface area (Å²) in [5.41, 5.74) is 1.52. The predicted molar refractivity (Wildman–Crippen MR) is 126 cm³/mol. The largest absolute Gasteiger partial charge is 0.444 e. The van der Waals surface area contributed by atoms with Crippen molar-refractivity contribution in [2.75, 3.05) is 23.3 Å². The second-order valence-corrected chi connectivity index (χ2v) is 9.95. The molecule has 8 heteroatoms. The number of nitrogens with zero attached hydrogens (tertiary/aromatic N) is 2. The van der Waals surface area contributed by atoms with Crippen molar-refractivity contribution in [2.45, 2.75) is 45.3 Å². The van der Waals surface area contributed by atoms with E-state index in [9.17, 15) is 14.4 Å². The number of piperidine rings is 1. The fourth-order valence-corrected chi connectivity index (χ4v) is 4.32. The average molecular weight is 500 g/mol. The third kappa shape index (κ3) is 4.50. The summed E-state index contributed by atoms with van der Waals surface area (Å²) in [4.78, 5) is 41.3. The molecular formula is C24H26BrN3O4. The Hall–Kier alpha value is -2.87. The van der Waals surface area contributed by atoms with Gasteiger partial charge >= 0.3 is 6.09 Å². The van der Waals surface area contributed by atoms with Gasteiger partial charge in [-0.05, 0) is 63.9 Å². The first kappa shape index (κ1) is 22.3. The van der Waals surface area contributed by atoms with E-state index in [-0.39, 0.29) is 23.9 Å². The molecule has 32 heavy (non-hydrogen) atoms. The maximum absolute atomic E-state index is 13.0. The van der Waals surface area contributed by atoms with Gasteiger partial charge in [-0.2, -0.15) is 0 Å². The van der Waals surface area contributed by atoms with Crippen LogP contribution in [0.1, 0.15) is 54.3 Å². The number of fused-ring (bicyclic) bond motifs is 1. The number of ether oxygens (including phenoxy) is 1. The Labute approximate surface area is 195 Å². The molecule has 0 bridgehead atoms. The number of anilines is 2. The second kappa shape index (κ2) is 8.58. The zero-order valence-electron chi connectivity index (χ0n) is 18.4. The van der Waals surface area contributed by atoms with Gasteiger partial charge in [0.1, 0.15) is 5.60 Å². The number of likely N-dealkylation sites (tertiary alicyclic amines) is 1. The van der Waals surface area contributed by atoms with Crippen LogP contribution in [0.25, 0.3) is 0 Å². The molecule has 0 spiro atoms. The lowest BCUT2D eigenvalue weighted by Crippen LogP contribution is -2.44. The molecule has 0 unspecified atom stereocenters. The molecule has 168 valence electrons. The highest BCUT2D eigenvalue weighted by Crippen LogP contribution is 2.36. The van der Waals surface area contributed by atoms with E-state index in [1.165, 1.54) is 4.90 Å². The molecule has 2 aromatic carbocycles. The van der Waals surface area contributed by atoms with E-state index in [2.05, 4.69) is 21.2 Å². The van der Waals surface area contributed by atoms with E-state index >= 15 is 0 Å². The highest BCUT2D eigenvalue weighted by atomic mass is 79.9. The van der Waals surface area contributed by atoms with E-state index in [1.54, 1.807) is 35.2 Å². The van der Waals surface area contributed by atoms with Crippen LogP contribution in [0.15, 0.2) is 46.9 Å². The van der Waals surface area contributed by atoms with Crippen molar-refractivity contribution in [1.82, 2.24) is 4.90 Å². The summed E-state index contributed by atoms with van der Waals surface area (Å²) >= 11 is 3.46. The Morgan fingerprint density at radius 2 is 1.62 bits per heavy atom. The van der Waals surface area contributed by atoms with Crippen LogP contribution in [0.3, 0.4) is 0 Å². The number of benzene rings is 2. The van der Waals surface area contributed by atoms with Crippen molar-refractivity contribution in [3.63, 3.8) is 0 Å². The monoisotopic (exact) mass is 499 g/mol.